The minimum absolute atomic E-state index is 0.148. The summed E-state index contributed by atoms with van der Waals surface area (Å²) in [6, 6.07) is 6.71. The first-order valence-corrected chi connectivity index (χ1v) is 6.74. The molecule has 0 aliphatic carbocycles. The molecule has 1 aromatic heterocycles. The van der Waals surface area contributed by atoms with Crippen molar-refractivity contribution in [2.75, 3.05) is 6.54 Å². The van der Waals surface area contributed by atoms with E-state index in [2.05, 4.69) is 17.3 Å². The normalized spacial score (nSPS) is 10.9. The van der Waals surface area contributed by atoms with Crippen LogP contribution in [0.15, 0.2) is 30.5 Å². The quantitative estimate of drug-likeness (QED) is 0.824. The third-order valence-corrected chi connectivity index (χ3v) is 3.05. The average molecular weight is 282 g/mol. The van der Waals surface area contributed by atoms with E-state index in [4.69, 9.17) is 11.6 Å². The van der Waals surface area contributed by atoms with Crippen LogP contribution in [0.5, 0.6) is 0 Å². The molecule has 0 aliphatic heterocycles. The standard InChI is InChI=1S/C14H17ClFN3/c1-2-6-17-9-12-5-7-19(18-12)10-11-3-4-14(16)13(15)8-11/h3-5,7-8,17H,2,6,9-10H2,1H3. The molecule has 2 aromatic rings. The molecule has 0 saturated carbocycles. The number of benzene rings is 1. The number of hydrogen-bond donors (Lipinski definition) is 1. The molecule has 0 unspecified atom stereocenters. The van der Waals surface area contributed by atoms with Crippen LogP contribution in [0, 0.1) is 5.82 Å². The highest BCUT2D eigenvalue weighted by atomic mass is 35.5. The summed E-state index contributed by atoms with van der Waals surface area (Å²) in [5.74, 6) is -0.393. The van der Waals surface area contributed by atoms with E-state index in [0.29, 0.717) is 6.54 Å². The van der Waals surface area contributed by atoms with Gasteiger partial charge in [-0.2, -0.15) is 5.10 Å². The van der Waals surface area contributed by atoms with Crippen molar-refractivity contribution in [3.05, 3.63) is 52.6 Å². The summed E-state index contributed by atoms with van der Waals surface area (Å²) in [4.78, 5) is 0. The highest BCUT2D eigenvalue weighted by Crippen LogP contribution is 2.16. The maximum absolute atomic E-state index is 13.1. The Morgan fingerprint density at radius 2 is 2.21 bits per heavy atom. The van der Waals surface area contributed by atoms with Crippen LogP contribution in [0.4, 0.5) is 4.39 Å². The largest absolute Gasteiger partial charge is 0.311 e. The topological polar surface area (TPSA) is 29.9 Å². The molecular weight excluding hydrogens is 265 g/mol. The first kappa shape index (κ1) is 14.0. The molecule has 1 N–H and O–H groups in total. The van der Waals surface area contributed by atoms with Gasteiger partial charge in [-0.3, -0.25) is 4.68 Å². The Labute approximate surface area is 117 Å². The van der Waals surface area contributed by atoms with E-state index in [1.165, 1.54) is 6.07 Å². The van der Waals surface area contributed by atoms with E-state index < -0.39 is 5.82 Å². The molecule has 102 valence electrons. The van der Waals surface area contributed by atoms with Crippen LogP contribution in [0.2, 0.25) is 5.02 Å². The summed E-state index contributed by atoms with van der Waals surface area (Å²) >= 11 is 5.76. The Kier molecular flexibility index (Phi) is 4.93. The zero-order valence-electron chi connectivity index (χ0n) is 10.9. The number of nitrogens with one attached hydrogen (secondary N) is 1. The Morgan fingerprint density at radius 3 is 2.95 bits per heavy atom. The minimum Gasteiger partial charge on any atom is -0.311 e. The second-order valence-corrected chi connectivity index (χ2v) is 4.84. The number of hydrogen-bond acceptors (Lipinski definition) is 2. The first-order chi connectivity index (χ1) is 9.19. The van der Waals surface area contributed by atoms with Gasteiger partial charge in [0.15, 0.2) is 0 Å². The summed E-state index contributed by atoms with van der Waals surface area (Å²) in [6.45, 7) is 4.48. The molecule has 19 heavy (non-hydrogen) atoms. The lowest BCUT2D eigenvalue weighted by Crippen LogP contribution is -2.14. The van der Waals surface area contributed by atoms with Crippen LogP contribution in [0.1, 0.15) is 24.6 Å². The van der Waals surface area contributed by atoms with Gasteiger partial charge in [-0.25, -0.2) is 4.39 Å². The van der Waals surface area contributed by atoms with Crippen LogP contribution in [-0.2, 0) is 13.1 Å². The predicted octanol–water partition coefficient (Wildman–Crippen LogP) is 3.22. The average Bonchev–Trinajstić information content (AvgIpc) is 2.82. The monoisotopic (exact) mass is 281 g/mol. The summed E-state index contributed by atoms with van der Waals surface area (Å²) in [5.41, 5.74) is 1.93. The van der Waals surface area contributed by atoms with Crippen LogP contribution >= 0.6 is 11.6 Å². The van der Waals surface area contributed by atoms with E-state index in [-0.39, 0.29) is 5.02 Å². The molecule has 3 nitrogen and oxygen atoms in total. The number of aromatic nitrogens is 2. The van der Waals surface area contributed by atoms with Crippen molar-refractivity contribution in [3.8, 4) is 0 Å². The molecule has 0 saturated heterocycles. The van der Waals surface area contributed by atoms with Gasteiger partial charge < -0.3 is 5.32 Å². The summed E-state index contributed by atoms with van der Waals surface area (Å²) < 4.78 is 14.9. The second-order valence-electron chi connectivity index (χ2n) is 4.43. The minimum atomic E-state index is -0.393. The summed E-state index contributed by atoms with van der Waals surface area (Å²) in [6.07, 6.45) is 3.02. The van der Waals surface area contributed by atoms with Gasteiger partial charge >= 0.3 is 0 Å². The molecule has 0 aliphatic rings. The predicted molar refractivity (Wildman–Crippen MR) is 74.7 cm³/mol. The van der Waals surface area contributed by atoms with Gasteiger partial charge in [-0.15, -0.1) is 0 Å². The first-order valence-electron chi connectivity index (χ1n) is 6.36. The van der Waals surface area contributed by atoms with Crippen LogP contribution < -0.4 is 5.32 Å². The molecule has 0 radical (unpaired) electrons. The molecule has 0 fully saturated rings. The summed E-state index contributed by atoms with van der Waals surface area (Å²) in [7, 11) is 0. The van der Waals surface area contributed by atoms with Crippen molar-refractivity contribution in [2.24, 2.45) is 0 Å². The van der Waals surface area contributed by atoms with Crippen molar-refractivity contribution in [1.29, 1.82) is 0 Å². The zero-order chi connectivity index (χ0) is 13.7. The molecule has 0 amide bonds. The lowest BCUT2D eigenvalue weighted by Gasteiger charge is -2.03. The van der Waals surface area contributed by atoms with E-state index in [1.807, 2.05) is 16.9 Å². The zero-order valence-corrected chi connectivity index (χ0v) is 11.6. The smallest absolute Gasteiger partial charge is 0.141 e. The number of rotatable bonds is 6. The molecular formula is C14H17ClFN3. The van der Waals surface area contributed by atoms with Crippen molar-refractivity contribution >= 4 is 11.6 Å². The molecule has 1 aromatic carbocycles. The van der Waals surface area contributed by atoms with Crippen LogP contribution in [0.25, 0.3) is 0 Å². The van der Waals surface area contributed by atoms with Gasteiger partial charge in [0.2, 0.25) is 0 Å². The van der Waals surface area contributed by atoms with Crippen molar-refractivity contribution in [3.63, 3.8) is 0 Å². The summed E-state index contributed by atoms with van der Waals surface area (Å²) in [5, 5.41) is 7.89. The Balaban J connectivity index is 1.97. The fourth-order valence-corrected chi connectivity index (χ4v) is 2.01. The van der Waals surface area contributed by atoms with Crippen LogP contribution in [-0.4, -0.2) is 16.3 Å². The fraction of sp³-hybridized carbons (Fsp3) is 0.357. The van der Waals surface area contributed by atoms with Gasteiger partial charge in [-0.1, -0.05) is 24.6 Å². The highest BCUT2D eigenvalue weighted by molar-refractivity contribution is 6.30. The second kappa shape index (κ2) is 6.68. The third kappa shape index (κ3) is 4.04. The van der Waals surface area contributed by atoms with Crippen LogP contribution in [0.3, 0.4) is 0 Å². The lowest BCUT2D eigenvalue weighted by molar-refractivity contribution is 0.619. The van der Waals surface area contributed by atoms with Gasteiger partial charge in [-0.05, 0) is 36.7 Å². The van der Waals surface area contributed by atoms with Crippen molar-refractivity contribution < 1.29 is 4.39 Å². The van der Waals surface area contributed by atoms with E-state index in [1.54, 1.807) is 12.1 Å². The van der Waals surface area contributed by atoms with Gasteiger partial charge in [0.05, 0.1) is 17.3 Å². The van der Waals surface area contributed by atoms with E-state index >= 15 is 0 Å². The number of nitrogens with zero attached hydrogens (tertiary/aromatic N) is 2. The molecule has 5 heteroatoms. The van der Waals surface area contributed by atoms with E-state index in [9.17, 15) is 4.39 Å². The maximum Gasteiger partial charge on any atom is 0.141 e. The third-order valence-electron chi connectivity index (χ3n) is 2.76. The maximum atomic E-state index is 13.1. The molecule has 0 spiro atoms. The van der Waals surface area contributed by atoms with Crippen molar-refractivity contribution in [2.45, 2.75) is 26.4 Å². The molecule has 0 bridgehead atoms. The lowest BCUT2D eigenvalue weighted by atomic mass is 10.2. The van der Waals surface area contributed by atoms with E-state index in [0.717, 1.165) is 30.8 Å². The molecule has 2 rings (SSSR count). The Morgan fingerprint density at radius 1 is 1.37 bits per heavy atom. The number of halogens is 2. The Hall–Kier alpha value is -1.39. The SMILES string of the molecule is CCCNCc1ccn(Cc2ccc(F)c(Cl)c2)n1. The highest BCUT2D eigenvalue weighted by Gasteiger charge is 2.03. The van der Waals surface area contributed by atoms with Gasteiger partial charge in [0.1, 0.15) is 5.82 Å². The van der Waals surface area contributed by atoms with Crippen molar-refractivity contribution in [1.82, 2.24) is 15.1 Å². The Bertz CT molecular complexity index is 539. The fourth-order valence-electron chi connectivity index (χ4n) is 1.80. The molecule has 0 atom stereocenters. The van der Waals surface area contributed by atoms with Gasteiger partial charge in [0, 0.05) is 12.7 Å². The van der Waals surface area contributed by atoms with Gasteiger partial charge in [0.25, 0.3) is 0 Å². The molecule has 1 heterocycles.